The van der Waals surface area contributed by atoms with E-state index in [9.17, 15) is 14.4 Å². The summed E-state index contributed by atoms with van der Waals surface area (Å²) in [7, 11) is 0. The number of nitrogens with zero attached hydrogens (tertiary/aromatic N) is 1. The molecule has 0 saturated carbocycles. The summed E-state index contributed by atoms with van der Waals surface area (Å²) in [4.78, 5) is 40.8. The average Bonchev–Trinajstić information content (AvgIpc) is 2.79. The number of hydrogen-bond acceptors (Lipinski definition) is 5. The lowest BCUT2D eigenvalue weighted by molar-refractivity contribution is -0.147. The SMILES string of the molecule is Cc1ccccc1NC(=O)C1CC(=O)NC2NC(N3CCc4ccccc4C3)NC(=O)C21. The van der Waals surface area contributed by atoms with Gasteiger partial charge in [-0.3, -0.25) is 24.6 Å². The van der Waals surface area contributed by atoms with Crippen LogP contribution in [0.15, 0.2) is 48.5 Å². The summed E-state index contributed by atoms with van der Waals surface area (Å²) in [6.45, 7) is 3.40. The highest BCUT2D eigenvalue weighted by Gasteiger charge is 2.49. The third-order valence-corrected chi connectivity index (χ3v) is 6.70. The first-order valence-corrected chi connectivity index (χ1v) is 11.0. The zero-order valence-electron chi connectivity index (χ0n) is 17.9. The lowest BCUT2D eigenvalue weighted by atomic mass is 9.81. The van der Waals surface area contributed by atoms with E-state index in [0.717, 1.165) is 18.5 Å². The minimum Gasteiger partial charge on any atom is -0.340 e. The van der Waals surface area contributed by atoms with Crippen molar-refractivity contribution in [2.45, 2.75) is 38.8 Å². The van der Waals surface area contributed by atoms with E-state index in [1.807, 2.05) is 43.3 Å². The predicted octanol–water partition coefficient (Wildman–Crippen LogP) is 1.07. The van der Waals surface area contributed by atoms with Gasteiger partial charge in [0.05, 0.1) is 18.0 Å². The maximum Gasteiger partial charge on any atom is 0.229 e. The van der Waals surface area contributed by atoms with E-state index in [2.05, 4.69) is 38.3 Å². The second kappa shape index (κ2) is 8.37. The third-order valence-electron chi connectivity index (χ3n) is 6.70. The molecule has 2 aromatic carbocycles. The molecule has 4 atom stereocenters. The number of carbonyl (C=O) groups is 3. The Hall–Kier alpha value is -3.23. The summed E-state index contributed by atoms with van der Waals surface area (Å²) in [6, 6.07) is 15.8. The van der Waals surface area contributed by atoms with E-state index >= 15 is 0 Å². The van der Waals surface area contributed by atoms with E-state index in [4.69, 9.17) is 0 Å². The summed E-state index contributed by atoms with van der Waals surface area (Å²) >= 11 is 0. The van der Waals surface area contributed by atoms with Gasteiger partial charge in [-0.15, -0.1) is 0 Å². The Bertz CT molecular complexity index is 1070. The number of fused-ring (bicyclic) bond motifs is 2. The van der Waals surface area contributed by atoms with Crippen LogP contribution in [0.25, 0.3) is 0 Å². The van der Waals surface area contributed by atoms with Gasteiger partial charge in [0.1, 0.15) is 6.29 Å². The van der Waals surface area contributed by atoms with Crippen LogP contribution in [-0.4, -0.2) is 41.6 Å². The molecule has 3 amide bonds. The molecule has 3 aliphatic rings. The molecule has 0 bridgehead atoms. The second-order valence-corrected chi connectivity index (χ2v) is 8.75. The van der Waals surface area contributed by atoms with Gasteiger partial charge in [0.2, 0.25) is 17.7 Å². The summed E-state index contributed by atoms with van der Waals surface area (Å²) in [5.74, 6) is -2.19. The van der Waals surface area contributed by atoms with Gasteiger partial charge in [-0.1, -0.05) is 42.5 Å². The van der Waals surface area contributed by atoms with Crippen LogP contribution in [0.4, 0.5) is 5.69 Å². The first kappa shape index (κ1) is 20.7. The normalized spacial score (nSPS) is 27.5. The monoisotopic (exact) mass is 433 g/mol. The molecule has 0 aromatic heterocycles. The molecule has 0 spiro atoms. The maximum atomic E-state index is 13.2. The molecule has 8 nitrogen and oxygen atoms in total. The van der Waals surface area contributed by atoms with E-state index in [1.54, 1.807) is 0 Å². The number of rotatable bonds is 3. The molecule has 32 heavy (non-hydrogen) atoms. The van der Waals surface area contributed by atoms with Gasteiger partial charge in [-0.05, 0) is 36.1 Å². The summed E-state index contributed by atoms with van der Waals surface area (Å²) < 4.78 is 0. The van der Waals surface area contributed by atoms with E-state index in [0.29, 0.717) is 12.2 Å². The van der Waals surface area contributed by atoms with Crippen LogP contribution in [0.2, 0.25) is 0 Å². The van der Waals surface area contributed by atoms with Gasteiger partial charge in [-0.25, -0.2) is 0 Å². The molecule has 3 heterocycles. The molecule has 3 aliphatic heterocycles. The smallest absolute Gasteiger partial charge is 0.229 e. The van der Waals surface area contributed by atoms with Crippen molar-refractivity contribution in [2.75, 3.05) is 11.9 Å². The molecule has 2 aromatic rings. The Labute approximate surface area is 186 Å². The highest BCUT2D eigenvalue weighted by Crippen LogP contribution is 2.29. The van der Waals surface area contributed by atoms with E-state index < -0.39 is 24.3 Å². The van der Waals surface area contributed by atoms with Gasteiger partial charge in [0, 0.05) is 25.2 Å². The number of para-hydroxylation sites is 1. The van der Waals surface area contributed by atoms with Crippen molar-refractivity contribution in [1.82, 2.24) is 20.9 Å². The van der Waals surface area contributed by atoms with E-state index in [1.165, 1.54) is 11.1 Å². The highest BCUT2D eigenvalue weighted by atomic mass is 16.2. The fraction of sp³-hybridized carbons (Fsp3) is 0.375. The minimum atomic E-state index is -0.746. The molecule has 2 saturated heterocycles. The van der Waals surface area contributed by atoms with Crippen LogP contribution in [0, 0.1) is 18.8 Å². The molecule has 166 valence electrons. The lowest BCUT2D eigenvalue weighted by Crippen LogP contribution is -2.74. The van der Waals surface area contributed by atoms with Crippen LogP contribution < -0.4 is 21.3 Å². The first-order chi connectivity index (χ1) is 15.5. The molecular weight excluding hydrogens is 406 g/mol. The number of anilines is 1. The van der Waals surface area contributed by atoms with Gasteiger partial charge in [0.15, 0.2) is 0 Å². The van der Waals surface area contributed by atoms with Crippen molar-refractivity contribution in [3.63, 3.8) is 0 Å². The molecule has 4 N–H and O–H groups in total. The minimum absolute atomic E-state index is 0.0181. The molecular formula is C24H27N5O3. The zero-order valence-corrected chi connectivity index (χ0v) is 17.9. The fourth-order valence-electron chi connectivity index (χ4n) is 4.93. The summed E-state index contributed by atoms with van der Waals surface area (Å²) in [5.41, 5.74) is 4.17. The van der Waals surface area contributed by atoms with Crippen LogP contribution >= 0.6 is 0 Å². The van der Waals surface area contributed by atoms with Crippen molar-refractivity contribution >= 4 is 23.4 Å². The molecule has 8 heteroatoms. The molecule has 5 rings (SSSR count). The quantitative estimate of drug-likeness (QED) is 0.580. The van der Waals surface area contributed by atoms with Crippen molar-refractivity contribution < 1.29 is 14.4 Å². The number of benzene rings is 2. The Balaban J connectivity index is 1.32. The maximum absolute atomic E-state index is 13.2. The van der Waals surface area contributed by atoms with Crippen molar-refractivity contribution in [3.8, 4) is 0 Å². The van der Waals surface area contributed by atoms with Gasteiger partial charge in [-0.2, -0.15) is 0 Å². The Morgan fingerprint density at radius 3 is 2.59 bits per heavy atom. The van der Waals surface area contributed by atoms with Crippen molar-refractivity contribution in [3.05, 3.63) is 65.2 Å². The first-order valence-electron chi connectivity index (χ1n) is 11.0. The van der Waals surface area contributed by atoms with Gasteiger partial charge >= 0.3 is 0 Å². The van der Waals surface area contributed by atoms with Crippen LogP contribution in [0.3, 0.4) is 0 Å². The molecule has 0 aliphatic carbocycles. The number of aryl methyl sites for hydroxylation is 1. The zero-order chi connectivity index (χ0) is 22.2. The van der Waals surface area contributed by atoms with Crippen molar-refractivity contribution in [2.24, 2.45) is 11.8 Å². The standard InChI is InChI=1S/C24H27N5O3/c1-14-6-2-5-9-18(14)25-22(31)17-12-19(30)26-21-20(17)23(32)28-24(27-21)29-11-10-15-7-3-4-8-16(15)13-29/h2-9,17,20-21,24,27H,10-13H2,1H3,(H,25,31)(H,26,30)(H,28,32). The summed E-state index contributed by atoms with van der Waals surface area (Å²) in [6.07, 6.45) is -0.127. The largest absolute Gasteiger partial charge is 0.340 e. The second-order valence-electron chi connectivity index (χ2n) is 8.75. The number of carbonyl (C=O) groups excluding carboxylic acids is 3. The third kappa shape index (κ3) is 3.87. The summed E-state index contributed by atoms with van der Waals surface area (Å²) in [5, 5.41) is 12.2. The molecule has 0 radical (unpaired) electrons. The van der Waals surface area contributed by atoms with E-state index in [-0.39, 0.29) is 24.1 Å². The van der Waals surface area contributed by atoms with Crippen LogP contribution in [-0.2, 0) is 27.3 Å². The number of hydrogen-bond donors (Lipinski definition) is 4. The molecule has 4 unspecified atom stereocenters. The van der Waals surface area contributed by atoms with Crippen molar-refractivity contribution in [1.29, 1.82) is 0 Å². The number of amides is 3. The van der Waals surface area contributed by atoms with Gasteiger partial charge in [0.25, 0.3) is 0 Å². The Kier molecular flexibility index (Phi) is 5.40. The number of piperidine rings is 1. The predicted molar refractivity (Wildman–Crippen MR) is 119 cm³/mol. The fourth-order valence-corrected chi connectivity index (χ4v) is 4.93. The number of nitrogens with one attached hydrogen (secondary N) is 4. The van der Waals surface area contributed by atoms with Gasteiger partial charge < -0.3 is 16.0 Å². The molecule has 2 fully saturated rings. The average molecular weight is 434 g/mol. The Morgan fingerprint density at radius 2 is 1.78 bits per heavy atom. The Morgan fingerprint density at radius 1 is 1.03 bits per heavy atom. The van der Waals surface area contributed by atoms with Crippen LogP contribution in [0.1, 0.15) is 23.1 Å². The van der Waals surface area contributed by atoms with Crippen LogP contribution in [0.5, 0.6) is 0 Å². The highest BCUT2D eigenvalue weighted by molar-refractivity contribution is 6.00. The topological polar surface area (TPSA) is 103 Å². The lowest BCUT2D eigenvalue weighted by Gasteiger charge is -2.47.